The quantitative estimate of drug-likeness (QED) is 0.607. The van der Waals surface area contributed by atoms with E-state index in [9.17, 15) is 10.1 Å². The zero-order chi connectivity index (χ0) is 13.1. The van der Waals surface area contributed by atoms with Crippen LogP contribution < -0.4 is 0 Å². The number of nitro benzene ring substituents is 1. The second-order valence-electron chi connectivity index (χ2n) is 5.04. The first-order chi connectivity index (χ1) is 8.56. The fourth-order valence-corrected chi connectivity index (χ4v) is 2.48. The molecule has 18 heavy (non-hydrogen) atoms. The van der Waals surface area contributed by atoms with E-state index in [1.165, 1.54) is 19.3 Å². The van der Waals surface area contributed by atoms with Gasteiger partial charge in [-0.25, -0.2) is 0 Å². The molecule has 4 nitrogen and oxygen atoms in total. The van der Waals surface area contributed by atoms with Gasteiger partial charge in [0, 0.05) is 19.2 Å². The lowest BCUT2D eigenvalue weighted by molar-refractivity contribution is -0.384. The van der Waals surface area contributed by atoms with Crippen LogP contribution in [0.4, 0.5) is 5.69 Å². The Hall–Kier alpha value is -1.13. The highest BCUT2D eigenvalue weighted by molar-refractivity contribution is 6.32. The summed E-state index contributed by atoms with van der Waals surface area (Å²) in [7, 11) is 2.05. The van der Waals surface area contributed by atoms with Gasteiger partial charge in [-0.1, -0.05) is 24.1 Å². The van der Waals surface area contributed by atoms with Gasteiger partial charge in [0.2, 0.25) is 0 Å². The predicted molar refractivity (Wildman–Crippen MR) is 71.8 cm³/mol. The van der Waals surface area contributed by atoms with Gasteiger partial charge in [0.25, 0.3) is 5.69 Å². The van der Waals surface area contributed by atoms with Crippen LogP contribution in [0.2, 0.25) is 5.02 Å². The van der Waals surface area contributed by atoms with Crippen molar-refractivity contribution in [3.63, 3.8) is 0 Å². The molecule has 1 saturated carbocycles. The van der Waals surface area contributed by atoms with Crippen molar-refractivity contribution in [3.05, 3.63) is 38.9 Å². The summed E-state index contributed by atoms with van der Waals surface area (Å²) in [5.74, 6) is 0.803. The number of benzene rings is 1. The fourth-order valence-electron chi connectivity index (χ4n) is 2.29. The zero-order valence-electron chi connectivity index (χ0n) is 10.4. The molecule has 0 heterocycles. The molecular formula is C13H17ClN2O2. The average molecular weight is 269 g/mol. The van der Waals surface area contributed by atoms with Gasteiger partial charge in [-0.15, -0.1) is 0 Å². The largest absolute Gasteiger partial charge is 0.302 e. The van der Waals surface area contributed by atoms with Crippen LogP contribution in [0.5, 0.6) is 0 Å². The zero-order valence-corrected chi connectivity index (χ0v) is 11.2. The maximum atomic E-state index is 10.8. The van der Waals surface area contributed by atoms with Crippen molar-refractivity contribution in [2.75, 3.05) is 13.6 Å². The summed E-state index contributed by atoms with van der Waals surface area (Å²) in [6, 6.07) is 5.03. The minimum Gasteiger partial charge on any atom is -0.302 e. The number of hydrogen-bond donors (Lipinski definition) is 0. The van der Waals surface area contributed by atoms with Crippen molar-refractivity contribution in [1.82, 2.24) is 4.90 Å². The van der Waals surface area contributed by atoms with Crippen molar-refractivity contribution in [2.24, 2.45) is 5.92 Å². The number of hydrogen-bond acceptors (Lipinski definition) is 3. The third-order valence-corrected chi connectivity index (χ3v) is 3.77. The van der Waals surface area contributed by atoms with Crippen molar-refractivity contribution >= 4 is 17.3 Å². The molecule has 2 rings (SSSR count). The van der Waals surface area contributed by atoms with Gasteiger partial charge in [-0.3, -0.25) is 10.1 Å². The summed E-state index contributed by atoms with van der Waals surface area (Å²) in [5, 5.41) is 11.0. The molecule has 98 valence electrons. The maximum Gasteiger partial charge on any atom is 0.288 e. The summed E-state index contributed by atoms with van der Waals surface area (Å²) in [6.45, 7) is 1.80. The molecule has 0 atom stereocenters. The van der Waals surface area contributed by atoms with Crippen LogP contribution >= 0.6 is 11.6 Å². The first-order valence-corrected chi connectivity index (χ1v) is 6.55. The Morgan fingerprint density at radius 3 is 2.78 bits per heavy atom. The molecule has 1 aliphatic carbocycles. The van der Waals surface area contributed by atoms with E-state index in [0.717, 1.165) is 24.6 Å². The van der Waals surface area contributed by atoms with Crippen molar-refractivity contribution < 1.29 is 4.92 Å². The number of rotatable bonds is 5. The van der Waals surface area contributed by atoms with Gasteiger partial charge in [0.05, 0.1) is 4.92 Å². The number of nitrogens with zero attached hydrogens (tertiary/aromatic N) is 2. The third kappa shape index (κ3) is 3.21. The summed E-state index contributed by atoms with van der Waals surface area (Å²) >= 11 is 5.79. The summed E-state index contributed by atoms with van der Waals surface area (Å²) in [4.78, 5) is 12.6. The Balaban J connectivity index is 1.99. The van der Waals surface area contributed by atoms with Gasteiger partial charge in [-0.05, 0) is 37.4 Å². The van der Waals surface area contributed by atoms with E-state index in [0.29, 0.717) is 0 Å². The SMILES string of the molecule is CN(Cc1ccc(Cl)c([N+](=O)[O-])c1)CC1CCC1. The van der Waals surface area contributed by atoms with Crippen LogP contribution in [0.3, 0.4) is 0 Å². The van der Waals surface area contributed by atoms with E-state index in [1.54, 1.807) is 12.1 Å². The second-order valence-corrected chi connectivity index (χ2v) is 5.44. The smallest absolute Gasteiger partial charge is 0.288 e. The molecule has 0 amide bonds. The van der Waals surface area contributed by atoms with Crippen molar-refractivity contribution in [2.45, 2.75) is 25.8 Å². The fraction of sp³-hybridized carbons (Fsp3) is 0.538. The van der Waals surface area contributed by atoms with E-state index < -0.39 is 4.92 Å². The van der Waals surface area contributed by atoms with E-state index in [-0.39, 0.29) is 10.7 Å². The average Bonchev–Trinajstić information content (AvgIpc) is 2.26. The first-order valence-electron chi connectivity index (χ1n) is 6.17. The Kier molecular flexibility index (Phi) is 4.19. The van der Waals surface area contributed by atoms with Crippen LogP contribution in [-0.4, -0.2) is 23.4 Å². The summed E-state index contributed by atoms with van der Waals surface area (Å²) in [5.41, 5.74) is 0.930. The molecule has 1 aromatic carbocycles. The lowest BCUT2D eigenvalue weighted by atomic mass is 9.85. The minimum atomic E-state index is -0.433. The van der Waals surface area contributed by atoms with Gasteiger partial charge in [0.15, 0.2) is 0 Å². The first kappa shape index (κ1) is 13.3. The molecule has 0 radical (unpaired) electrons. The third-order valence-electron chi connectivity index (χ3n) is 3.45. The Morgan fingerprint density at radius 2 is 2.22 bits per heavy atom. The van der Waals surface area contributed by atoms with E-state index in [2.05, 4.69) is 11.9 Å². The molecular weight excluding hydrogens is 252 g/mol. The molecule has 0 aromatic heterocycles. The van der Waals surface area contributed by atoms with Crippen LogP contribution in [-0.2, 0) is 6.54 Å². The normalized spacial score (nSPS) is 15.7. The van der Waals surface area contributed by atoms with Gasteiger partial charge in [0.1, 0.15) is 5.02 Å². The van der Waals surface area contributed by atoms with Gasteiger partial charge in [-0.2, -0.15) is 0 Å². The highest BCUT2D eigenvalue weighted by atomic mass is 35.5. The number of halogens is 1. The van der Waals surface area contributed by atoms with Crippen LogP contribution in [0.15, 0.2) is 18.2 Å². The molecule has 1 aromatic rings. The molecule has 0 saturated heterocycles. The molecule has 0 N–H and O–H groups in total. The van der Waals surface area contributed by atoms with Gasteiger partial charge < -0.3 is 4.90 Å². The van der Waals surface area contributed by atoms with Gasteiger partial charge >= 0.3 is 0 Å². The predicted octanol–water partition coefficient (Wildman–Crippen LogP) is 3.48. The van der Waals surface area contributed by atoms with Crippen LogP contribution in [0.25, 0.3) is 0 Å². The Bertz CT molecular complexity index is 447. The summed E-state index contributed by atoms with van der Waals surface area (Å²) in [6.07, 6.45) is 3.96. The second kappa shape index (κ2) is 5.67. The molecule has 0 bridgehead atoms. The molecule has 5 heteroatoms. The Morgan fingerprint density at radius 1 is 1.50 bits per heavy atom. The van der Waals surface area contributed by atoms with Crippen molar-refractivity contribution in [3.8, 4) is 0 Å². The lowest BCUT2D eigenvalue weighted by Crippen LogP contribution is -2.29. The Labute approximate surface area is 112 Å². The molecule has 0 spiro atoms. The van der Waals surface area contributed by atoms with Crippen LogP contribution in [0, 0.1) is 16.0 Å². The highest BCUT2D eigenvalue weighted by Crippen LogP contribution is 2.28. The topological polar surface area (TPSA) is 46.4 Å². The highest BCUT2D eigenvalue weighted by Gasteiger charge is 2.19. The van der Waals surface area contributed by atoms with E-state index >= 15 is 0 Å². The lowest BCUT2D eigenvalue weighted by Gasteiger charge is -2.30. The molecule has 0 aliphatic heterocycles. The van der Waals surface area contributed by atoms with Crippen molar-refractivity contribution in [1.29, 1.82) is 0 Å². The maximum absolute atomic E-state index is 10.8. The molecule has 1 fully saturated rings. The van der Waals surface area contributed by atoms with E-state index in [4.69, 9.17) is 11.6 Å². The van der Waals surface area contributed by atoms with E-state index in [1.807, 2.05) is 6.07 Å². The molecule has 1 aliphatic rings. The molecule has 0 unspecified atom stereocenters. The summed E-state index contributed by atoms with van der Waals surface area (Å²) < 4.78 is 0. The van der Waals surface area contributed by atoms with Crippen LogP contribution in [0.1, 0.15) is 24.8 Å². The number of nitro groups is 1. The minimum absolute atomic E-state index is 0.00814. The standard InChI is InChI=1S/C13H17ClN2O2/c1-15(8-10-3-2-4-10)9-11-5-6-12(14)13(7-11)16(17)18/h5-7,10H,2-4,8-9H2,1H3. The monoisotopic (exact) mass is 268 g/mol.